The summed E-state index contributed by atoms with van der Waals surface area (Å²) < 4.78 is 5.36. The molecule has 0 saturated heterocycles. The number of nitrogens with one attached hydrogen (secondary N) is 1. The molecule has 0 unspecified atom stereocenters. The van der Waals surface area contributed by atoms with Crippen LogP contribution in [0.15, 0.2) is 91.0 Å². The Morgan fingerprint density at radius 2 is 1.31 bits per heavy atom. The van der Waals surface area contributed by atoms with Crippen molar-refractivity contribution < 1.29 is 9.53 Å². The van der Waals surface area contributed by atoms with Crippen molar-refractivity contribution in [1.82, 2.24) is 5.32 Å². The van der Waals surface area contributed by atoms with Gasteiger partial charge < -0.3 is 15.8 Å². The lowest BCUT2D eigenvalue weighted by Gasteiger charge is -2.25. The molecular formula is C22H22N2O2. The number of rotatable bonds is 6. The second-order valence-electron chi connectivity index (χ2n) is 6.03. The third kappa shape index (κ3) is 4.71. The van der Waals surface area contributed by atoms with Crippen LogP contribution >= 0.6 is 0 Å². The molecule has 2 atom stereocenters. The van der Waals surface area contributed by atoms with Gasteiger partial charge >= 0.3 is 6.09 Å². The Kier molecular flexibility index (Phi) is 6.01. The van der Waals surface area contributed by atoms with E-state index in [0.717, 1.165) is 16.7 Å². The highest BCUT2D eigenvalue weighted by molar-refractivity contribution is 5.68. The predicted molar refractivity (Wildman–Crippen MR) is 102 cm³/mol. The number of hydrogen-bond acceptors (Lipinski definition) is 3. The molecule has 0 spiro atoms. The summed E-state index contributed by atoms with van der Waals surface area (Å²) in [4.78, 5) is 12.3. The van der Waals surface area contributed by atoms with E-state index in [2.05, 4.69) is 5.32 Å². The number of carbonyl (C=O) groups excluding carboxylic acids is 1. The van der Waals surface area contributed by atoms with Crippen molar-refractivity contribution in [2.24, 2.45) is 5.73 Å². The molecule has 4 heteroatoms. The van der Waals surface area contributed by atoms with Crippen molar-refractivity contribution in [1.29, 1.82) is 0 Å². The van der Waals surface area contributed by atoms with Crippen LogP contribution in [0.2, 0.25) is 0 Å². The van der Waals surface area contributed by atoms with Gasteiger partial charge in [-0.15, -0.1) is 0 Å². The van der Waals surface area contributed by atoms with Gasteiger partial charge in [0.25, 0.3) is 0 Å². The normalized spacial score (nSPS) is 12.8. The van der Waals surface area contributed by atoms with E-state index in [9.17, 15) is 4.79 Å². The van der Waals surface area contributed by atoms with E-state index in [-0.39, 0.29) is 18.7 Å². The molecule has 3 N–H and O–H groups in total. The Morgan fingerprint density at radius 1 is 0.808 bits per heavy atom. The highest BCUT2D eigenvalue weighted by Crippen LogP contribution is 2.26. The lowest BCUT2D eigenvalue weighted by Crippen LogP contribution is -2.36. The zero-order chi connectivity index (χ0) is 18.2. The van der Waals surface area contributed by atoms with Gasteiger partial charge in [-0.3, -0.25) is 0 Å². The summed E-state index contributed by atoms with van der Waals surface area (Å²) in [5, 5.41) is 2.92. The number of alkyl carbamates (subject to hydrolysis) is 1. The summed E-state index contributed by atoms with van der Waals surface area (Å²) in [5.74, 6) is 0. The van der Waals surface area contributed by atoms with Crippen molar-refractivity contribution >= 4 is 6.09 Å². The van der Waals surface area contributed by atoms with E-state index in [1.165, 1.54) is 0 Å². The van der Waals surface area contributed by atoms with E-state index in [1.807, 2.05) is 91.0 Å². The molecule has 132 valence electrons. The van der Waals surface area contributed by atoms with Gasteiger partial charge in [0.2, 0.25) is 0 Å². The van der Waals surface area contributed by atoms with Crippen molar-refractivity contribution in [3.8, 4) is 0 Å². The highest BCUT2D eigenvalue weighted by Gasteiger charge is 2.23. The summed E-state index contributed by atoms with van der Waals surface area (Å²) in [6.45, 7) is 0.217. The van der Waals surface area contributed by atoms with E-state index in [4.69, 9.17) is 10.5 Å². The largest absolute Gasteiger partial charge is 0.445 e. The number of amides is 1. The molecule has 3 aromatic carbocycles. The summed E-state index contributed by atoms with van der Waals surface area (Å²) in [7, 11) is 0. The Hall–Kier alpha value is -3.11. The van der Waals surface area contributed by atoms with Crippen LogP contribution < -0.4 is 11.1 Å². The fraction of sp³-hybridized carbons (Fsp3) is 0.136. The van der Waals surface area contributed by atoms with Crippen LogP contribution in [0.25, 0.3) is 0 Å². The van der Waals surface area contributed by atoms with Crippen LogP contribution in [0.3, 0.4) is 0 Å². The van der Waals surface area contributed by atoms with Crippen molar-refractivity contribution in [3.63, 3.8) is 0 Å². The quantitative estimate of drug-likeness (QED) is 0.697. The van der Waals surface area contributed by atoms with Crippen LogP contribution in [-0.4, -0.2) is 6.09 Å². The minimum absolute atomic E-state index is 0.217. The van der Waals surface area contributed by atoms with Gasteiger partial charge in [-0.2, -0.15) is 0 Å². The number of carbonyl (C=O) groups is 1. The van der Waals surface area contributed by atoms with Crippen LogP contribution in [0.4, 0.5) is 4.79 Å². The lowest BCUT2D eigenvalue weighted by atomic mass is 9.94. The molecule has 26 heavy (non-hydrogen) atoms. The van der Waals surface area contributed by atoms with Crippen LogP contribution in [-0.2, 0) is 11.3 Å². The Balaban J connectivity index is 1.72. The van der Waals surface area contributed by atoms with E-state index >= 15 is 0 Å². The first-order valence-electron chi connectivity index (χ1n) is 8.57. The smallest absolute Gasteiger partial charge is 0.408 e. The molecule has 0 bridgehead atoms. The van der Waals surface area contributed by atoms with Crippen molar-refractivity contribution in [2.45, 2.75) is 18.7 Å². The molecule has 4 nitrogen and oxygen atoms in total. The van der Waals surface area contributed by atoms with Gasteiger partial charge in [0.05, 0.1) is 12.1 Å². The summed E-state index contributed by atoms with van der Waals surface area (Å²) in [6, 6.07) is 28.2. The number of ether oxygens (including phenoxy) is 1. The van der Waals surface area contributed by atoms with Gasteiger partial charge in [0.15, 0.2) is 0 Å². The molecule has 0 heterocycles. The van der Waals surface area contributed by atoms with E-state index in [1.54, 1.807) is 0 Å². The maximum absolute atomic E-state index is 12.3. The van der Waals surface area contributed by atoms with Gasteiger partial charge in [-0.05, 0) is 16.7 Å². The van der Waals surface area contributed by atoms with Crippen molar-refractivity contribution in [2.75, 3.05) is 0 Å². The minimum atomic E-state index is -0.492. The molecule has 3 rings (SSSR count). The number of hydrogen-bond donors (Lipinski definition) is 2. The van der Waals surface area contributed by atoms with E-state index < -0.39 is 6.09 Å². The molecule has 0 aliphatic heterocycles. The highest BCUT2D eigenvalue weighted by atomic mass is 16.5. The van der Waals surface area contributed by atoms with Crippen molar-refractivity contribution in [3.05, 3.63) is 108 Å². The maximum atomic E-state index is 12.3. The molecule has 1 amide bonds. The first-order valence-corrected chi connectivity index (χ1v) is 8.57. The van der Waals surface area contributed by atoms with Gasteiger partial charge in [-0.25, -0.2) is 4.79 Å². The first-order chi connectivity index (χ1) is 12.7. The summed E-state index contributed by atoms with van der Waals surface area (Å²) >= 11 is 0. The fourth-order valence-electron chi connectivity index (χ4n) is 2.80. The average molecular weight is 346 g/mol. The van der Waals surface area contributed by atoms with Crippen LogP contribution in [0.5, 0.6) is 0 Å². The minimum Gasteiger partial charge on any atom is -0.445 e. The third-order valence-corrected chi connectivity index (χ3v) is 4.19. The van der Waals surface area contributed by atoms with Gasteiger partial charge in [0, 0.05) is 0 Å². The molecule has 0 saturated carbocycles. The Labute approximate surface area is 153 Å². The zero-order valence-electron chi connectivity index (χ0n) is 14.4. The molecule has 0 fully saturated rings. The van der Waals surface area contributed by atoms with Crippen LogP contribution in [0, 0.1) is 0 Å². The Morgan fingerprint density at radius 3 is 1.88 bits per heavy atom. The Bertz CT molecular complexity index is 807. The number of nitrogens with two attached hydrogens (primary N) is 1. The summed E-state index contributed by atoms with van der Waals surface area (Å²) in [5.41, 5.74) is 9.27. The molecule has 3 aromatic rings. The SMILES string of the molecule is N[C@@H](c1ccccc1)[C@@H](NC(=O)OCc1ccccc1)c1ccccc1. The molecule has 0 aromatic heterocycles. The topological polar surface area (TPSA) is 64.3 Å². The fourth-order valence-corrected chi connectivity index (χ4v) is 2.80. The molecule has 0 aliphatic carbocycles. The monoisotopic (exact) mass is 346 g/mol. The second-order valence-corrected chi connectivity index (χ2v) is 6.03. The van der Waals surface area contributed by atoms with Gasteiger partial charge in [-0.1, -0.05) is 91.0 Å². The van der Waals surface area contributed by atoms with E-state index in [0.29, 0.717) is 0 Å². The summed E-state index contributed by atoms with van der Waals surface area (Å²) in [6.07, 6.45) is -0.492. The second kappa shape index (κ2) is 8.83. The molecular weight excluding hydrogens is 324 g/mol. The number of benzene rings is 3. The first kappa shape index (κ1) is 17.7. The zero-order valence-corrected chi connectivity index (χ0v) is 14.4. The molecule has 0 aliphatic rings. The maximum Gasteiger partial charge on any atom is 0.408 e. The standard InChI is InChI=1S/C22H22N2O2/c23-20(18-12-6-2-7-13-18)21(19-14-8-3-9-15-19)24-22(25)26-16-17-10-4-1-5-11-17/h1-15,20-21H,16,23H2,(H,24,25)/t20-,21-/m0/s1. The molecule has 0 radical (unpaired) electrons. The lowest BCUT2D eigenvalue weighted by molar-refractivity contribution is 0.134. The van der Waals surface area contributed by atoms with Crippen LogP contribution in [0.1, 0.15) is 28.8 Å². The average Bonchev–Trinajstić information content (AvgIpc) is 2.72. The third-order valence-electron chi connectivity index (χ3n) is 4.19. The van der Waals surface area contributed by atoms with Gasteiger partial charge in [0.1, 0.15) is 6.61 Å². The predicted octanol–water partition coefficient (Wildman–Crippen LogP) is 4.35.